The zero-order valence-electron chi connectivity index (χ0n) is 7.50. The number of phenolic OH excluding ortho intramolecular Hbond substituents is 2. The number of hydrogen-bond acceptors (Lipinski definition) is 3. The molecule has 0 bridgehead atoms. The van der Waals surface area contributed by atoms with Crippen LogP contribution in [-0.4, -0.2) is 20.9 Å². The average molecular weight is 259 g/mol. The van der Waals surface area contributed by atoms with Crippen molar-refractivity contribution in [3.05, 3.63) is 22.2 Å². The second-order valence-electron chi connectivity index (χ2n) is 3.80. The lowest BCUT2D eigenvalue weighted by molar-refractivity contribution is 0.150. The number of rotatable bonds is 2. The molecule has 0 amide bonds. The van der Waals surface area contributed by atoms with Crippen LogP contribution >= 0.6 is 15.9 Å². The van der Waals surface area contributed by atoms with Crippen molar-refractivity contribution in [3.8, 4) is 11.5 Å². The number of hydrogen-bond donors (Lipinski definition) is 3. The van der Waals surface area contributed by atoms with Gasteiger partial charge in [-0.05, 0) is 34.8 Å². The summed E-state index contributed by atoms with van der Waals surface area (Å²) in [5.74, 6) is -0.300. The molecule has 1 aliphatic carbocycles. The fourth-order valence-corrected chi connectivity index (χ4v) is 1.73. The topological polar surface area (TPSA) is 60.7 Å². The summed E-state index contributed by atoms with van der Waals surface area (Å²) in [7, 11) is 0. The van der Waals surface area contributed by atoms with E-state index in [9.17, 15) is 15.3 Å². The molecule has 14 heavy (non-hydrogen) atoms. The molecule has 0 spiro atoms. The maximum absolute atomic E-state index is 9.66. The molecule has 0 heterocycles. The van der Waals surface area contributed by atoms with Crippen LogP contribution < -0.4 is 0 Å². The average Bonchev–Trinajstić information content (AvgIpc) is 2.86. The highest BCUT2D eigenvalue weighted by Gasteiger charge is 2.40. The van der Waals surface area contributed by atoms with Crippen LogP contribution in [0, 0.1) is 0 Å². The number of aromatic hydroxyl groups is 2. The molecule has 1 aliphatic rings. The van der Waals surface area contributed by atoms with Crippen molar-refractivity contribution in [2.45, 2.75) is 24.9 Å². The molecule has 0 aliphatic heterocycles. The van der Waals surface area contributed by atoms with Crippen molar-refractivity contribution in [1.29, 1.82) is 0 Å². The lowest BCUT2D eigenvalue weighted by Crippen LogP contribution is -2.10. The highest BCUT2D eigenvalue weighted by atomic mass is 79.9. The molecule has 1 aromatic rings. The van der Waals surface area contributed by atoms with Crippen molar-refractivity contribution in [2.75, 3.05) is 0 Å². The van der Waals surface area contributed by atoms with E-state index < -0.39 is 5.60 Å². The van der Waals surface area contributed by atoms with Crippen LogP contribution in [0.15, 0.2) is 16.6 Å². The Hall–Kier alpha value is -0.740. The number of benzene rings is 1. The highest BCUT2D eigenvalue weighted by Crippen LogP contribution is 2.43. The Kier molecular flexibility index (Phi) is 2.20. The molecule has 0 atom stereocenters. The normalized spacial score (nSPS) is 18.1. The summed E-state index contributed by atoms with van der Waals surface area (Å²) in [6, 6.07) is 3.37. The lowest BCUT2D eigenvalue weighted by Gasteiger charge is -2.10. The van der Waals surface area contributed by atoms with E-state index in [2.05, 4.69) is 15.9 Å². The van der Waals surface area contributed by atoms with Crippen LogP contribution in [0.1, 0.15) is 18.4 Å². The largest absolute Gasteiger partial charge is 0.504 e. The van der Waals surface area contributed by atoms with Gasteiger partial charge in [0.05, 0.1) is 10.1 Å². The minimum atomic E-state index is -0.655. The Morgan fingerprint density at radius 3 is 2.43 bits per heavy atom. The molecule has 1 fully saturated rings. The van der Waals surface area contributed by atoms with E-state index in [1.807, 2.05) is 0 Å². The quantitative estimate of drug-likeness (QED) is 0.711. The van der Waals surface area contributed by atoms with E-state index in [-0.39, 0.29) is 11.5 Å². The molecule has 1 aromatic carbocycles. The van der Waals surface area contributed by atoms with Gasteiger partial charge in [0.25, 0.3) is 0 Å². The monoisotopic (exact) mass is 258 g/mol. The fourth-order valence-electron chi connectivity index (χ4n) is 1.42. The molecule has 3 nitrogen and oxygen atoms in total. The van der Waals surface area contributed by atoms with Crippen LogP contribution in [0.4, 0.5) is 0 Å². The molecule has 0 aromatic heterocycles. The first kappa shape index (κ1) is 9.80. The fraction of sp³-hybridized carbons (Fsp3) is 0.400. The maximum Gasteiger partial charge on any atom is 0.172 e. The molecule has 2 rings (SSSR count). The van der Waals surface area contributed by atoms with E-state index in [0.29, 0.717) is 16.5 Å². The van der Waals surface area contributed by atoms with Gasteiger partial charge >= 0.3 is 0 Å². The van der Waals surface area contributed by atoms with Crippen LogP contribution in [0.5, 0.6) is 11.5 Å². The van der Waals surface area contributed by atoms with Gasteiger partial charge in [-0.1, -0.05) is 6.07 Å². The summed E-state index contributed by atoms with van der Waals surface area (Å²) >= 11 is 3.10. The van der Waals surface area contributed by atoms with Crippen molar-refractivity contribution in [2.24, 2.45) is 0 Å². The Balaban J connectivity index is 2.30. The van der Waals surface area contributed by atoms with Crippen molar-refractivity contribution >= 4 is 15.9 Å². The summed E-state index contributed by atoms with van der Waals surface area (Å²) in [6.45, 7) is 0. The van der Waals surface area contributed by atoms with Crippen LogP contribution in [0.25, 0.3) is 0 Å². The van der Waals surface area contributed by atoms with Crippen LogP contribution in [-0.2, 0) is 6.42 Å². The Bertz CT molecular complexity index is 372. The molecule has 4 heteroatoms. The Morgan fingerprint density at radius 2 is 1.86 bits per heavy atom. The summed E-state index contributed by atoms with van der Waals surface area (Å²) in [5, 5.41) is 28.7. The van der Waals surface area contributed by atoms with E-state index in [1.54, 1.807) is 12.1 Å². The van der Waals surface area contributed by atoms with E-state index in [0.717, 1.165) is 12.8 Å². The van der Waals surface area contributed by atoms with Crippen molar-refractivity contribution in [1.82, 2.24) is 0 Å². The van der Waals surface area contributed by atoms with Gasteiger partial charge in [-0.25, -0.2) is 0 Å². The number of halogens is 1. The predicted molar refractivity (Wildman–Crippen MR) is 55.4 cm³/mol. The summed E-state index contributed by atoms with van der Waals surface area (Å²) in [5.41, 5.74) is -0.0664. The number of aliphatic hydroxyl groups is 1. The zero-order valence-corrected chi connectivity index (χ0v) is 9.08. The predicted octanol–water partition coefficient (Wildman–Crippen LogP) is 1.93. The standard InChI is InChI=1S/C10H11BrO3/c11-7-2-1-6(8(12)9(7)13)5-10(14)3-4-10/h1-2,12-14H,3-5H2. The third-order valence-corrected chi connectivity index (χ3v) is 3.17. The van der Waals surface area contributed by atoms with Gasteiger partial charge < -0.3 is 15.3 Å². The van der Waals surface area contributed by atoms with Crippen molar-refractivity contribution < 1.29 is 15.3 Å². The summed E-state index contributed by atoms with van der Waals surface area (Å²) in [6.07, 6.45) is 1.94. The molecule has 76 valence electrons. The van der Waals surface area contributed by atoms with Crippen LogP contribution in [0.2, 0.25) is 0 Å². The molecule has 0 saturated heterocycles. The lowest BCUT2D eigenvalue weighted by atomic mass is 10.1. The molecular weight excluding hydrogens is 248 g/mol. The Labute approximate surface area is 90.1 Å². The summed E-state index contributed by atoms with van der Waals surface area (Å²) < 4.78 is 0.460. The molecule has 0 radical (unpaired) electrons. The highest BCUT2D eigenvalue weighted by molar-refractivity contribution is 9.10. The summed E-state index contributed by atoms with van der Waals surface area (Å²) in [4.78, 5) is 0. The first-order valence-electron chi connectivity index (χ1n) is 4.43. The second kappa shape index (κ2) is 3.14. The van der Waals surface area contributed by atoms with Gasteiger partial charge in [0.15, 0.2) is 11.5 Å². The maximum atomic E-state index is 9.66. The molecular formula is C10H11BrO3. The third kappa shape index (κ3) is 1.72. The second-order valence-corrected chi connectivity index (χ2v) is 4.66. The third-order valence-electron chi connectivity index (χ3n) is 2.53. The minimum absolute atomic E-state index is 0.139. The van der Waals surface area contributed by atoms with Crippen molar-refractivity contribution in [3.63, 3.8) is 0 Å². The van der Waals surface area contributed by atoms with Gasteiger partial charge in [0, 0.05) is 12.0 Å². The minimum Gasteiger partial charge on any atom is -0.504 e. The van der Waals surface area contributed by atoms with Gasteiger partial charge in [0.1, 0.15) is 0 Å². The smallest absolute Gasteiger partial charge is 0.172 e. The molecule has 3 N–H and O–H groups in total. The zero-order chi connectivity index (χ0) is 10.3. The first-order chi connectivity index (χ1) is 6.52. The van der Waals surface area contributed by atoms with Crippen LogP contribution in [0.3, 0.4) is 0 Å². The first-order valence-corrected chi connectivity index (χ1v) is 5.23. The van der Waals surface area contributed by atoms with E-state index in [1.165, 1.54) is 0 Å². The van der Waals surface area contributed by atoms with Gasteiger partial charge in [-0.2, -0.15) is 0 Å². The SMILES string of the molecule is Oc1c(Br)ccc(CC2(O)CC2)c1O. The molecule has 0 unspecified atom stereocenters. The number of phenols is 2. The van der Waals surface area contributed by atoms with E-state index >= 15 is 0 Å². The van der Waals surface area contributed by atoms with E-state index in [4.69, 9.17) is 0 Å². The van der Waals surface area contributed by atoms with Gasteiger partial charge in [-0.3, -0.25) is 0 Å². The van der Waals surface area contributed by atoms with Gasteiger partial charge in [0.2, 0.25) is 0 Å². The molecule has 1 saturated carbocycles. The Morgan fingerprint density at radius 1 is 1.21 bits per heavy atom. The van der Waals surface area contributed by atoms with Gasteiger partial charge in [-0.15, -0.1) is 0 Å².